The molecule has 0 saturated heterocycles. The first kappa shape index (κ1) is 6.73. The summed E-state index contributed by atoms with van der Waals surface area (Å²) < 4.78 is 13.0. The van der Waals surface area contributed by atoms with E-state index in [0.29, 0.717) is 10.3 Å². The number of nitrogens with one attached hydrogen (secondary N) is 1. The average Bonchev–Trinajstić information content (AvgIpc) is 2.34. The van der Waals surface area contributed by atoms with Crippen LogP contribution >= 0.6 is 12.6 Å². The number of thiol groups is 1. The van der Waals surface area contributed by atoms with E-state index >= 15 is 0 Å². The van der Waals surface area contributed by atoms with Crippen molar-refractivity contribution in [1.82, 2.24) is 4.98 Å². The molecule has 0 amide bonds. The molecule has 1 aromatic heterocycles. The molecular formula is C8H6FNS. The molecule has 0 radical (unpaired) electrons. The van der Waals surface area contributed by atoms with Gasteiger partial charge in [0, 0.05) is 22.0 Å². The highest BCUT2D eigenvalue weighted by Crippen LogP contribution is 2.23. The Morgan fingerprint density at radius 2 is 2.18 bits per heavy atom. The molecule has 0 atom stereocenters. The third kappa shape index (κ3) is 0.922. The fourth-order valence-electron chi connectivity index (χ4n) is 1.12. The number of H-pyrrole nitrogens is 1. The van der Waals surface area contributed by atoms with Gasteiger partial charge in [-0.3, -0.25) is 0 Å². The topological polar surface area (TPSA) is 15.8 Å². The van der Waals surface area contributed by atoms with Crippen LogP contribution in [0.2, 0.25) is 0 Å². The van der Waals surface area contributed by atoms with E-state index in [4.69, 9.17) is 0 Å². The third-order valence-electron chi connectivity index (χ3n) is 1.63. The first-order chi connectivity index (χ1) is 5.29. The van der Waals surface area contributed by atoms with E-state index in [0.717, 1.165) is 5.52 Å². The van der Waals surface area contributed by atoms with E-state index in [1.165, 1.54) is 6.07 Å². The fourth-order valence-corrected chi connectivity index (χ4v) is 1.41. The summed E-state index contributed by atoms with van der Waals surface area (Å²) in [5.41, 5.74) is 0.787. The number of rotatable bonds is 0. The Labute approximate surface area is 68.6 Å². The Morgan fingerprint density at radius 1 is 1.36 bits per heavy atom. The largest absolute Gasteiger partial charge is 0.360 e. The Balaban J connectivity index is 2.96. The van der Waals surface area contributed by atoms with Gasteiger partial charge in [-0.05, 0) is 12.1 Å². The number of aromatic amines is 1. The Morgan fingerprint density at radius 3 is 2.91 bits per heavy atom. The van der Waals surface area contributed by atoms with Gasteiger partial charge in [0.1, 0.15) is 5.82 Å². The second kappa shape index (κ2) is 2.27. The molecule has 0 spiro atoms. The standard InChI is InChI=1S/C8H6FNS/c9-5-2-1-3-6-8(5)7(11)4-10-6/h1-4,10-11H. The maximum atomic E-state index is 13.0. The summed E-state index contributed by atoms with van der Waals surface area (Å²) >= 11 is 4.10. The summed E-state index contributed by atoms with van der Waals surface area (Å²) in [7, 11) is 0. The molecule has 0 fully saturated rings. The van der Waals surface area contributed by atoms with Crippen LogP contribution in [0, 0.1) is 5.82 Å². The molecule has 0 aliphatic rings. The number of hydrogen-bond donors (Lipinski definition) is 2. The molecule has 0 aliphatic heterocycles. The normalized spacial score (nSPS) is 10.7. The molecule has 1 aromatic carbocycles. The van der Waals surface area contributed by atoms with Gasteiger partial charge in [0.25, 0.3) is 0 Å². The van der Waals surface area contributed by atoms with Crippen LogP contribution < -0.4 is 0 Å². The monoisotopic (exact) mass is 167 g/mol. The first-order valence-corrected chi connectivity index (χ1v) is 3.68. The van der Waals surface area contributed by atoms with Gasteiger partial charge in [-0.15, -0.1) is 12.6 Å². The van der Waals surface area contributed by atoms with Crippen LogP contribution in [-0.2, 0) is 0 Å². The molecule has 1 N–H and O–H groups in total. The van der Waals surface area contributed by atoms with Crippen molar-refractivity contribution in [2.45, 2.75) is 4.90 Å². The molecule has 56 valence electrons. The van der Waals surface area contributed by atoms with E-state index < -0.39 is 0 Å². The maximum absolute atomic E-state index is 13.0. The molecule has 3 heteroatoms. The van der Waals surface area contributed by atoms with Crippen molar-refractivity contribution in [3.05, 3.63) is 30.2 Å². The summed E-state index contributed by atoms with van der Waals surface area (Å²) in [6, 6.07) is 4.91. The second-order valence-electron chi connectivity index (χ2n) is 2.34. The van der Waals surface area contributed by atoms with E-state index in [-0.39, 0.29) is 5.82 Å². The van der Waals surface area contributed by atoms with Gasteiger partial charge in [0.05, 0.1) is 0 Å². The summed E-state index contributed by atoms with van der Waals surface area (Å²) in [5.74, 6) is -0.228. The first-order valence-electron chi connectivity index (χ1n) is 3.23. The van der Waals surface area contributed by atoms with Crippen molar-refractivity contribution < 1.29 is 4.39 Å². The van der Waals surface area contributed by atoms with Crippen LogP contribution in [-0.4, -0.2) is 4.98 Å². The Kier molecular flexibility index (Phi) is 1.39. The Hall–Kier alpha value is -0.960. The van der Waals surface area contributed by atoms with Crippen molar-refractivity contribution >= 4 is 23.5 Å². The van der Waals surface area contributed by atoms with Crippen molar-refractivity contribution in [2.75, 3.05) is 0 Å². The Bertz CT molecular complexity index is 394. The van der Waals surface area contributed by atoms with E-state index in [1.807, 2.05) is 6.07 Å². The number of aromatic nitrogens is 1. The minimum Gasteiger partial charge on any atom is -0.360 e. The smallest absolute Gasteiger partial charge is 0.133 e. The fraction of sp³-hybridized carbons (Fsp3) is 0. The average molecular weight is 167 g/mol. The zero-order chi connectivity index (χ0) is 7.84. The van der Waals surface area contributed by atoms with Gasteiger partial charge in [-0.25, -0.2) is 4.39 Å². The lowest BCUT2D eigenvalue weighted by molar-refractivity contribution is 0.638. The third-order valence-corrected chi connectivity index (χ3v) is 1.99. The highest BCUT2D eigenvalue weighted by atomic mass is 32.1. The SMILES string of the molecule is Fc1cccc2[nH]cc(S)c12. The van der Waals surface area contributed by atoms with Crippen molar-refractivity contribution in [2.24, 2.45) is 0 Å². The lowest BCUT2D eigenvalue weighted by Crippen LogP contribution is -1.74. The van der Waals surface area contributed by atoms with Gasteiger partial charge >= 0.3 is 0 Å². The second-order valence-corrected chi connectivity index (χ2v) is 2.82. The van der Waals surface area contributed by atoms with Crippen LogP contribution in [0.3, 0.4) is 0 Å². The zero-order valence-electron chi connectivity index (χ0n) is 5.63. The zero-order valence-corrected chi connectivity index (χ0v) is 6.53. The number of benzene rings is 1. The summed E-state index contributed by atoms with van der Waals surface area (Å²) in [5, 5.41) is 0.566. The van der Waals surface area contributed by atoms with Crippen molar-refractivity contribution in [3.63, 3.8) is 0 Å². The number of hydrogen-bond acceptors (Lipinski definition) is 1. The molecule has 0 unspecified atom stereocenters. The van der Waals surface area contributed by atoms with E-state index in [9.17, 15) is 4.39 Å². The summed E-state index contributed by atoms with van der Waals surface area (Å²) in [6.07, 6.45) is 1.68. The highest BCUT2D eigenvalue weighted by Gasteiger charge is 2.03. The summed E-state index contributed by atoms with van der Waals surface area (Å²) in [6.45, 7) is 0. The molecule has 1 heterocycles. The number of halogens is 1. The molecule has 0 aliphatic carbocycles. The summed E-state index contributed by atoms with van der Waals surface area (Å²) in [4.78, 5) is 3.56. The van der Waals surface area contributed by atoms with Gasteiger partial charge < -0.3 is 4.98 Å². The molecule has 2 aromatic rings. The minimum atomic E-state index is -0.228. The highest BCUT2D eigenvalue weighted by molar-refractivity contribution is 7.80. The minimum absolute atomic E-state index is 0.228. The number of fused-ring (bicyclic) bond motifs is 1. The quantitative estimate of drug-likeness (QED) is 0.561. The van der Waals surface area contributed by atoms with Crippen LogP contribution in [0.4, 0.5) is 4.39 Å². The molecule has 11 heavy (non-hydrogen) atoms. The van der Waals surface area contributed by atoms with E-state index in [1.54, 1.807) is 12.3 Å². The molecular weight excluding hydrogens is 161 g/mol. The molecule has 1 nitrogen and oxygen atoms in total. The van der Waals surface area contributed by atoms with Crippen LogP contribution in [0.25, 0.3) is 10.9 Å². The van der Waals surface area contributed by atoms with Gasteiger partial charge in [0.2, 0.25) is 0 Å². The molecule has 0 bridgehead atoms. The van der Waals surface area contributed by atoms with Crippen LogP contribution in [0.5, 0.6) is 0 Å². The maximum Gasteiger partial charge on any atom is 0.133 e. The lowest BCUT2D eigenvalue weighted by atomic mass is 10.2. The predicted molar refractivity (Wildman–Crippen MR) is 45.5 cm³/mol. The van der Waals surface area contributed by atoms with Crippen LogP contribution in [0.1, 0.15) is 0 Å². The molecule has 2 rings (SSSR count). The van der Waals surface area contributed by atoms with Crippen molar-refractivity contribution in [3.8, 4) is 0 Å². The van der Waals surface area contributed by atoms with Gasteiger partial charge in [-0.2, -0.15) is 0 Å². The lowest BCUT2D eigenvalue weighted by Gasteiger charge is -1.91. The predicted octanol–water partition coefficient (Wildman–Crippen LogP) is 2.60. The van der Waals surface area contributed by atoms with Gasteiger partial charge in [-0.1, -0.05) is 6.07 Å². The van der Waals surface area contributed by atoms with E-state index in [2.05, 4.69) is 17.6 Å². The van der Waals surface area contributed by atoms with Crippen molar-refractivity contribution in [1.29, 1.82) is 0 Å². The van der Waals surface area contributed by atoms with Crippen LogP contribution in [0.15, 0.2) is 29.3 Å². The van der Waals surface area contributed by atoms with Gasteiger partial charge in [0.15, 0.2) is 0 Å². The molecule has 0 saturated carbocycles.